The van der Waals surface area contributed by atoms with Gasteiger partial charge in [-0.15, -0.1) is 0 Å². The van der Waals surface area contributed by atoms with Crippen molar-refractivity contribution in [2.24, 2.45) is 0 Å². The van der Waals surface area contributed by atoms with E-state index in [4.69, 9.17) is 16.0 Å². The number of para-hydroxylation sites is 1. The van der Waals surface area contributed by atoms with Gasteiger partial charge < -0.3 is 9.73 Å². The van der Waals surface area contributed by atoms with Crippen molar-refractivity contribution in [1.82, 2.24) is 5.32 Å². The highest BCUT2D eigenvalue weighted by molar-refractivity contribution is 6.34. The topological polar surface area (TPSA) is 59.3 Å². The van der Waals surface area contributed by atoms with Gasteiger partial charge in [-0.1, -0.05) is 54.1 Å². The zero-order valence-corrected chi connectivity index (χ0v) is 13.1. The number of carbonyl (C=O) groups is 1. The fraction of sp³-hybridized carbons (Fsp3) is 0.111. The van der Waals surface area contributed by atoms with Crippen LogP contribution in [0.25, 0.3) is 11.0 Å². The van der Waals surface area contributed by atoms with Gasteiger partial charge in [-0.3, -0.25) is 4.79 Å². The molecule has 0 saturated heterocycles. The van der Waals surface area contributed by atoms with Crippen molar-refractivity contribution in [3.8, 4) is 0 Å². The number of nitrogens with one attached hydrogen (secondary N) is 1. The first-order chi connectivity index (χ1) is 11.1. The Labute approximate surface area is 137 Å². The third-order valence-electron chi connectivity index (χ3n) is 3.60. The monoisotopic (exact) mass is 327 g/mol. The number of hydrogen-bond donors (Lipinski definition) is 1. The predicted molar refractivity (Wildman–Crippen MR) is 89.8 cm³/mol. The summed E-state index contributed by atoms with van der Waals surface area (Å²) in [6.07, 6.45) is 0. The number of benzene rings is 2. The molecule has 1 aromatic heterocycles. The van der Waals surface area contributed by atoms with E-state index in [9.17, 15) is 9.59 Å². The number of rotatable bonds is 3. The van der Waals surface area contributed by atoms with Crippen LogP contribution >= 0.6 is 11.6 Å². The maximum absolute atomic E-state index is 12.4. The average molecular weight is 328 g/mol. The molecule has 1 amide bonds. The predicted octanol–water partition coefficient (Wildman–Crippen LogP) is 3.94. The van der Waals surface area contributed by atoms with E-state index in [1.807, 2.05) is 37.3 Å². The van der Waals surface area contributed by atoms with Crippen molar-refractivity contribution in [2.45, 2.75) is 13.0 Å². The zero-order chi connectivity index (χ0) is 16.4. The number of amides is 1. The van der Waals surface area contributed by atoms with Crippen molar-refractivity contribution >= 4 is 28.5 Å². The summed E-state index contributed by atoms with van der Waals surface area (Å²) >= 11 is 5.99. The van der Waals surface area contributed by atoms with E-state index in [-0.39, 0.29) is 17.2 Å². The lowest BCUT2D eigenvalue weighted by Gasteiger charge is -2.14. The van der Waals surface area contributed by atoms with Gasteiger partial charge in [-0.2, -0.15) is 0 Å². The molecule has 3 aromatic rings. The molecule has 1 heterocycles. The first kappa shape index (κ1) is 15.3. The molecule has 1 atom stereocenters. The molecule has 23 heavy (non-hydrogen) atoms. The number of hydrogen-bond acceptors (Lipinski definition) is 3. The molecule has 0 aliphatic carbocycles. The molecule has 116 valence electrons. The largest absolute Gasteiger partial charge is 0.421 e. The fourth-order valence-corrected chi connectivity index (χ4v) is 2.59. The van der Waals surface area contributed by atoms with E-state index < -0.39 is 11.5 Å². The minimum Gasteiger partial charge on any atom is -0.421 e. The van der Waals surface area contributed by atoms with Crippen molar-refractivity contribution in [1.29, 1.82) is 0 Å². The molecular formula is C18H14ClNO3. The van der Waals surface area contributed by atoms with Gasteiger partial charge >= 0.3 is 5.63 Å². The molecule has 0 radical (unpaired) electrons. The summed E-state index contributed by atoms with van der Waals surface area (Å²) in [5, 5.41) is 3.74. The lowest BCUT2D eigenvalue weighted by molar-refractivity contribution is 0.0936. The summed E-state index contributed by atoms with van der Waals surface area (Å²) in [5.74, 6) is -0.475. The third-order valence-corrected chi connectivity index (χ3v) is 3.90. The minimum absolute atomic E-state index is 0.0393. The Kier molecular flexibility index (Phi) is 4.17. The lowest BCUT2D eigenvalue weighted by Crippen LogP contribution is -2.30. The summed E-state index contributed by atoms with van der Waals surface area (Å²) in [4.78, 5) is 24.4. The normalized spacial score (nSPS) is 12.1. The average Bonchev–Trinajstić information content (AvgIpc) is 2.56. The van der Waals surface area contributed by atoms with Gasteiger partial charge in [0.25, 0.3) is 5.91 Å². The van der Waals surface area contributed by atoms with Crippen molar-refractivity contribution < 1.29 is 9.21 Å². The molecule has 4 nitrogen and oxygen atoms in total. The van der Waals surface area contributed by atoms with Crippen LogP contribution in [0, 0.1) is 0 Å². The molecule has 5 heteroatoms. The van der Waals surface area contributed by atoms with Gasteiger partial charge in [0.1, 0.15) is 5.56 Å². The molecule has 3 rings (SSSR count). The van der Waals surface area contributed by atoms with Crippen molar-refractivity contribution in [3.63, 3.8) is 0 Å². The van der Waals surface area contributed by atoms with Gasteiger partial charge in [0, 0.05) is 5.39 Å². The van der Waals surface area contributed by atoms with Crippen LogP contribution in [0.5, 0.6) is 0 Å². The Morgan fingerprint density at radius 1 is 1.13 bits per heavy atom. The van der Waals surface area contributed by atoms with Crippen LogP contribution in [0.2, 0.25) is 5.02 Å². The van der Waals surface area contributed by atoms with E-state index in [1.54, 1.807) is 18.2 Å². The van der Waals surface area contributed by atoms with Crippen LogP contribution in [0.3, 0.4) is 0 Å². The molecule has 0 saturated carbocycles. The van der Waals surface area contributed by atoms with Crippen LogP contribution in [0.15, 0.2) is 63.8 Å². The molecule has 0 aliphatic heterocycles. The second-order valence-electron chi connectivity index (χ2n) is 5.21. The van der Waals surface area contributed by atoms with E-state index in [2.05, 4.69) is 5.32 Å². The van der Waals surface area contributed by atoms with Gasteiger partial charge in [0.2, 0.25) is 0 Å². The van der Waals surface area contributed by atoms with Crippen LogP contribution in [-0.4, -0.2) is 5.91 Å². The summed E-state index contributed by atoms with van der Waals surface area (Å²) in [6, 6.07) is 15.9. The molecule has 2 aromatic carbocycles. The Balaban J connectivity index is 1.92. The smallest absolute Gasteiger partial charge is 0.349 e. The molecule has 1 N–H and O–H groups in total. The molecule has 0 fully saturated rings. The Morgan fingerprint density at radius 2 is 1.87 bits per heavy atom. The van der Waals surface area contributed by atoms with E-state index in [0.717, 1.165) is 5.56 Å². The maximum Gasteiger partial charge on any atom is 0.349 e. The van der Waals surface area contributed by atoms with Gasteiger partial charge in [-0.05, 0) is 24.6 Å². The van der Waals surface area contributed by atoms with Gasteiger partial charge in [0.15, 0.2) is 5.58 Å². The Morgan fingerprint density at radius 3 is 2.61 bits per heavy atom. The molecule has 0 bridgehead atoms. The Bertz CT molecular complexity index is 918. The summed E-state index contributed by atoms with van der Waals surface area (Å²) in [7, 11) is 0. The second-order valence-corrected chi connectivity index (χ2v) is 5.62. The first-order valence-corrected chi connectivity index (χ1v) is 7.52. The third kappa shape index (κ3) is 3.12. The molecule has 0 aliphatic rings. The van der Waals surface area contributed by atoms with Crippen LogP contribution in [0.4, 0.5) is 0 Å². The Hall–Kier alpha value is -2.59. The fourth-order valence-electron chi connectivity index (χ4n) is 2.37. The second kappa shape index (κ2) is 6.26. The van der Waals surface area contributed by atoms with E-state index in [0.29, 0.717) is 10.4 Å². The van der Waals surface area contributed by atoms with E-state index >= 15 is 0 Å². The first-order valence-electron chi connectivity index (χ1n) is 7.14. The van der Waals surface area contributed by atoms with Crippen molar-refractivity contribution in [3.05, 3.63) is 81.2 Å². The highest BCUT2D eigenvalue weighted by Gasteiger charge is 2.17. The zero-order valence-electron chi connectivity index (χ0n) is 12.4. The van der Waals surface area contributed by atoms with Gasteiger partial charge in [0.05, 0.1) is 11.1 Å². The highest BCUT2D eigenvalue weighted by atomic mass is 35.5. The maximum atomic E-state index is 12.4. The van der Waals surface area contributed by atoms with Gasteiger partial charge in [-0.25, -0.2) is 4.79 Å². The van der Waals surface area contributed by atoms with Crippen LogP contribution < -0.4 is 10.9 Å². The SMILES string of the molecule is C[C@@H](NC(=O)c1cc2cccc(Cl)c2oc1=O)c1ccccc1. The summed E-state index contributed by atoms with van der Waals surface area (Å²) in [6.45, 7) is 1.85. The highest BCUT2D eigenvalue weighted by Crippen LogP contribution is 2.22. The number of carbonyl (C=O) groups excluding carboxylic acids is 1. The molecular weight excluding hydrogens is 314 g/mol. The number of halogens is 1. The van der Waals surface area contributed by atoms with Crippen molar-refractivity contribution in [2.75, 3.05) is 0 Å². The van der Waals surface area contributed by atoms with Crippen LogP contribution in [-0.2, 0) is 0 Å². The molecule has 0 spiro atoms. The summed E-state index contributed by atoms with van der Waals surface area (Å²) < 4.78 is 5.18. The minimum atomic E-state index is -0.705. The summed E-state index contributed by atoms with van der Waals surface area (Å²) in [5.41, 5.74) is 0.492. The van der Waals surface area contributed by atoms with Crippen LogP contribution in [0.1, 0.15) is 28.9 Å². The quantitative estimate of drug-likeness (QED) is 0.741. The standard InChI is InChI=1S/C18H14ClNO3/c1-11(12-6-3-2-4-7-12)20-17(21)14-10-13-8-5-9-15(19)16(13)23-18(14)22/h2-11H,1H3,(H,20,21)/t11-/m1/s1. The lowest BCUT2D eigenvalue weighted by atomic mass is 10.1. The molecule has 0 unspecified atom stereocenters. The number of fused-ring (bicyclic) bond motifs is 1. The van der Waals surface area contributed by atoms with E-state index in [1.165, 1.54) is 6.07 Å².